The fourth-order valence-electron chi connectivity index (χ4n) is 6.97. The Kier molecular flexibility index (Phi) is 11.2. The van der Waals surface area contributed by atoms with Gasteiger partial charge in [-0.05, 0) is 57.2 Å². The van der Waals surface area contributed by atoms with E-state index in [9.17, 15) is 4.79 Å². The van der Waals surface area contributed by atoms with Gasteiger partial charge in [-0.25, -0.2) is 19.4 Å². The van der Waals surface area contributed by atoms with Crippen molar-refractivity contribution >= 4 is 11.8 Å². The van der Waals surface area contributed by atoms with Crippen molar-refractivity contribution in [1.82, 2.24) is 30.2 Å². The Labute approximate surface area is 316 Å². The smallest absolute Gasteiger partial charge is 0.343 e. The lowest BCUT2D eigenvalue weighted by atomic mass is 9.77. The molecular formula is C45H43N7O2. The summed E-state index contributed by atoms with van der Waals surface area (Å²) in [6.45, 7) is 4.69. The summed E-state index contributed by atoms with van der Waals surface area (Å²) >= 11 is 0. The largest absolute Gasteiger partial charge is 0.462 e. The van der Waals surface area contributed by atoms with E-state index in [-0.39, 0.29) is 6.61 Å². The van der Waals surface area contributed by atoms with Gasteiger partial charge in [-0.2, -0.15) is 0 Å². The van der Waals surface area contributed by atoms with Gasteiger partial charge in [0.25, 0.3) is 0 Å². The Balaban J connectivity index is 1.24. The zero-order chi connectivity index (χ0) is 37.2. The number of carbonyl (C=O) groups is 1. The van der Waals surface area contributed by atoms with E-state index in [1.807, 2.05) is 35.0 Å². The highest BCUT2D eigenvalue weighted by Crippen LogP contribution is 2.43. The van der Waals surface area contributed by atoms with Gasteiger partial charge in [0.05, 0.1) is 6.61 Å². The third-order valence-electron chi connectivity index (χ3n) is 9.59. The molecule has 0 saturated carbocycles. The van der Waals surface area contributed by atoms with Crippen molar-refractivity contribution in [3.8, 4) is 22.5 Å². The number of benzene rings is 5. The zero-order valence-electron chi connectivity index (χ0n) is 30.6. The van der Waals surface area contributed by atoms with Crippen molar-refractivity contribution in [2.24, 2.45) is 0 Å². The van der Waals surface area contributed by atoms with Crippen LogP contribution in [0.1, 0.15) is 71.5 Å². The standard InChI is InChI=1S/C45H43N7O2/c1-3-5-9-26-41-46-32-40(44(53)54-4-2)42(48-41)47-31-33-27-29-34(30-28-33)38-24-16-17-25-39(38)43-49-50-51-52(43)45(35-18-10-6-11-19-35,36-20-12-7-13-21-36)37-22-14-8-15-23-37/h6-8,10-25,27-30,32H,3-5,9,26,31H2,1-2H3,(H,46,47,48). The van der Waals surface area contributed by atoms with Gasteiger partial charge in [-0.15, -0.1) is 5.10 Å². The number of carbonyl (C=O) groups excluding carboxylic acids is 1. The van der Waals surface area contributed by atoms with Crippen molar-refractivity contribution < 1.29 is 9.53 Å². The van der Waals surface area contributed by atoms with Crippen molar-refractivity contribution in [3.05, 3.63) is 179 Å². The Morgan fingerprint density at radius 1 is 0.722 bits per heavy atom. The Hall–Kier alpha value is -6.48. The first kappa shape index (κ1) is 35.9. The topological polar surface area (TPSA) is 108 Å². The monoisotopic (exact) mass is 713 g/mol. The number of aryl methyl sites for hydroxylation is 1. The number of anilines is 1. The predicted octanol–water partition coefficient (Wildman–Crippen LogP) is 9.16. The molecule has 7 rings (SSSR count). The average molecular weight is 714 g/mol. The van der Waals surface area contributed by atoms with E-state index in [0.29, 0.717) is 29.6 Å². The molecule has 54 heavy (non-hydrogen) atoms. The van der Waals surface area contributed by atoms with Crippen LogP contribution < -0.4 is 5.32 Å². The lowest BCUT2D eigenvalue weighted by Crippen LogP contribution is -2.39. The number of hydrogen-bond acceptors (Lipinski definition) is 8. The molecule has 9 nitrogen and oxygen atoms in total. The van der Waals surface area contributed by atoms with Gasteiger partial charge in [0.1, 0.15) is 22.7 Å². The van der Waals surface area contributed by atoms with E-state index in [2.05, 4.69) is 132 Å². The highest BCUT2D eigenvalue weighted by Gasteiger charge is 2.42. The number of rotatable bonds is 15. The van der Waals surface area contributed by atoms with Gasteiger partial charge < -0.3 is 10.1 Å². The maximum absolute atomic E-state index is 12.7. The van der Waals surface area contributed by atoms with Gasteiger partial charge in [0, 0.05) is 24.7 Å². The average Bonchev–Trinajstić information content (AvgIpc) is 3.72. The molecule has 2 aromatic heterocycles. The van der Waals surface area contributed by atoms with E-state index >= 15 is 0 Å². The van der Waals surface area contributed by atoms with Crippen LogP contribution in [0.2, 0.25) is 0 Å². The molecule has 7 aromatic rings. The van der Waals surface area contributed by atoms with Gasteiger partial charge in [-0.1, -0.05) is 159 Å². The summed E-state index contributed by atoms with van der Waals surface area (Å²) in [6.07, 6.45) is 5.54. The highest BCUT2D eigenvalue weighted by atomic mass is 16.5. The quantitative estimate of drug-likeness (QED) is 0.0637. The van der Waals surface area contributed by atoms with Crippen LogP contribution >= 0.6 is 0 Å². The molecule has 270 valence electrons. The number of ether oxygens (including phenoxy) is 1. The Bertz CT molecular complexity index is 2180. The summed E-state index contributed by atoms with van der Waals surface area (Å²) in [5.74, 6) is 1.39. The lowest BCUT2D eigenvalue weighted by molar-refractivity contribution is 0.0526. The van der Waals surface area contributed by atoms with E-state index < -0.39 is 11.5 Å². The van der Waals surface area contributed by atoms with Crippen LogP contribution in [0.3, 0.4) is 0 Å². The molecule has 5 aromatic carbocycles. The van der Waals surface area contributed by atoms with E-state index in [4.69, 9.17) is 20.0 Å². The molecule has 0 atom stereocenters. The molecule has 0 aliphatic rings. The molecule has 0 spiro atoms. The normalized spacial score (nSPS) is 11.3. The van der Waals surface area contributed by atoms with Crippen LogP contribution in [0, 0.1) is 0 Å². The molecule has 2 heterocycles. The minimum absolute atomic E-state index is 0.275. The fraction of sp³-hybridized carbons (Fsp3) is 0.200. The molecule has 0 fully saturated rings. The number of nitrogens with zero attached hydrogens (tertiary/aromatic N) is 6. The van der Waals surface area contributed by atoms with Gasteiger partial charge in [0.15, 0.2) is 5.82 Å². The minimum Gasteiger partial charge on any atom is -0.462 e. The van der Waals surface area contributed by atoms with Crippen molar-refractivity contribution in [2.75, 3.05) is 11.9 Å². The predicted molar refractivity (Wildman–Crippen MR) is 212 cm³/mol. The molecule has 0 unspecified atom stereocenters. The van der Waals surface area contributed by atoms with Crippen LogP contribution in [0.5, 0.6) is 0 Å². The summed E-state index contributed by atoms with van der Waals surface area (Å²) in [7, 11) is 0. The van der Waals surface area contributed by atoms with Gasteiger partial charge in [0.2, 0.25) is 0 Å². The number of nitrogens with one attached hydrogen (secondary N) is 1. The molecule has 0 amide bonds. The zero-order valence-corrected chi connectivity index (χ0v) is 30.6. The molecule has 0 aliphatic heterocycles. The maximum atomic E-state index is 12.7. The van der Waals surface area contributed by atoms with Gasteiger partial charge in [-0.3, -0.25) is 0 Å². The second-order valence-corrected chi connectivity index (χ2v) is 13.0. The summed E-state index contributed by atoms with van der Waals surface area (Å²) < 4.78 is 7.26. The summed E-state index contributed by atoms with van der Waals surface area (Å²) in [5, 5.41) is 17.2. The molecule has 9 heteroatoms. The van der Waals surface area contributed by atoms with E-state index in [1.54, 1.807) is 13.1 Å². The third-order valence-corrected chi connectivity index (χ3v) is 9.59. The van der Waals surface area contributed by atoms with Crippen LogP contribution in [-0.2, 0) is 23.2 Å². The first-order chi connectivity index (χ1) is 26.6. The first-order valence-electron chi connectivity index (χ1n) is 18.5. The Morgan fingerprint density at radius 3 is 1.91 bits per heavy atom. The molecule has 0 saturated heterocycles. The van der Waals surface area contributed by atoms with Crippen molar-refractivity contribution in [2.45, 2.75) is 51.6 Å². The van der Waals surface area contributed by atoms with Crippen molar-refractivity contribution in [1.29, 1.82) is 0 Å². The number of unbranched alkanes of at least 4 members (excludes halogenated alkanes) is 2. The Morgan fingerprint density at radius 2 is 1.31 bits per heavy atom. The van der Waals surface area contributed by atoms with Crippen LogP contribution in [0.25, 0.3) is 22.5 Å². The summed E-state index contributed by atoms with van der Waals surface area (Å²) in [6, 6.07) is 47.8. The SMILES string of the molecule is CCCCCc1ncc(C(=O)OCC)c(NCc2ccc(-c3ccccc3-c3nnnn3C(c3ccccc3)(c3ccccc3)c3ccccc3)cc2)n1. The number of hydrogen-bond donors (Lipinski definition) is 1. The van der Waals surface area contributed by atoms with E-state index in [0.717, 1.165) is 64.6 Å². The molecule has 0 aliphatic carbocycles. The third kappa shape index (κ3) is 7.39. The second kappa shape index (κ2) is 16.9. The van der Waals surface area contributed by atoms with Crippen LogP contribution in [-0.4, -0.2) is 42.8 Å². The highest BCUT2D eigenvalue weighted by molar-refractivity contribution is 5.94. The molecular weight excluding hydrogens is 671 g/mol. The number of esters is 1. The van der Waals surface area contributed by atoms with E-state index in [1.165, 1.54) is 0 Å². The maximum Gasteiger partial charge on any atom is 0.343 e. The molecule has 1 N–H and O–H groups in total. The second-order valence-electron chi connectivity index (χ2n) is 13.0. The molecule has 0 bridgehead atoms. The van der Waals surface area contributed by atoms with Gasteiger partial charge >= 0.3 is 5.97 Å². The fourth-order valence-corrected chi connectivity index (χ4v) is 6.97. The van der Waals surface area contributed by atoms with Crippen LogP contribution in [0.4, 0.5) is 5.82 Å². The van der Waals surface area contributed by atoms with Crippen LogP contribution in [0.15, 0.2) is 146 Å². The van der Waals surface area contributed by atoms with Crippen molar-refractivity contribution in [3.63, 3.8) is 0 Å². The summed E-state index contributed by atoms with van der Waals surface area (Å²) in [4.78, 5) is 21.9. The lowest BCUT2D eigenvalue weighted by Gasteiger charge is -2.36. The number of tetrazole rings is 1. The first-order valence-corrected chi connectivity index (χ1v) is 18.5. The summed E-state index contributed by atoms with van der Waals surface area (Å²) in [5.41, 5.74) is 6.50. The minimum atomic E-state index is -0.871. The molecule has 0 radical (unpaired) electrons. The number of aromatic nitrogens is 6.